The molecule has 0 radical (unpaired) electrons. The lowest BCUT2D eigenvalue weighted by molar-refractivity contribution is 0.344. The van der Waals surface area contributed by atoms with Gasteiger partial charge in [-0.05, 0) is 29.9 Å². The maximum absolute atomic E-state index is 13.2. The zero-order chi connectivity index (χ0) is 12.3. The Kier molecular flexibility index (Phi) is 4.75. The quantitative estimate of drug-likeness (QED) is 0.859. The normalized spacial score (nSPS) is 15.2. The van der Waals surface area contributed by atoms with Crippen LogP contribution in [0.2, 0.25) is 5.02 Å². The van der Waals surface area contributed by atoms with E-state index in [1.165, 1.54) is 6.07 Å². The molecule has 1 nitrogen and oxygen atoms in total. The first kappa shape index (κ1) is 13.5. The van der Waals surface area contributed by atoms with Crippen molar-refractivity contribution in [2.75, 3.05) is 0 Å². The first-order chi connectivity index (χ1) is 7.43. The van der Waals surface area contributed by atoms with Gasteiger partial charge in [-0.3, -0.25) is 0 Å². The highest BCUT2D eigenvalue weighted by molar-refractivity contribution is 6.31. The van der Waals surface area contributed by atoms with Crippen LogP contribution in [-0.2, 0) is 6.42 Å². The maximum atomic E-state index is 13.2. The van der Waals surface area contributed by atoms with E-state index in [-0.39, 0.29) is 16.9 Å². The molecule has 1 rings (SSSR count). The number of halogens is 2. The molecule has 3 heteroatoms. The van der Waals surface area contributed by atoms with Gasteiger partial charge in [0.25, 0.3) is 0 Å². The van der Waals surface area contributed by atoms with Crippen molar-refractivity contribution in [3.8, 4) is 0 Å². The zero-order valence-electron chi connectivity index (χ0n) is 10.0. The summed E-state index contributed by atoms with van der Waals surface area (Å²) in [6, 6.07) is 4.88. The second kappa shape index (κ2) is 5.65. The van der Waals surface area contributed by atoms with Crippen LogP contribution in [0.25, 0.3) is 0 Å². The minimum Gasteiger partial charge on any atom is -0.327 e. The van der Waals surface area contributed by atoms with Crippen molar-refractivity contribution in [2.45, 2.75) is 33.2 Å². The Morgan fingerprint density at radius 3 is 2.50 bits per heavy atom. The van der Waals surface area contributed by atoms with E-state index < -0.39 is 0 Å². The molecule has 0 aliphatic rings. The second-order valence-electron chi connectivity index (χ2n) is 4.68. The van der Waals surface area contributed by atoms with Crippen LogP contribution in [-0.4, -0.2) is 6.04 Å². The van der Waals surface area contributed by atoms with E-state index in [1.54, 1.807) is 6.07 Å². The van der Waals surface area contributed by atoms with Crippen LogP contribution < -0.4 is 5.73 Å². The fraction of sp³-hybridized carbons (Fsp3) is 0.538. The predicted octanol–water partition coefficient (Wildman–Crippen LogP) is 3.64. The smallest absolute Gasteiger partial charge is 0.142 e. The second-order valence-corrected chi connectivity index (χ2v) is 5.06. The number of hydrogen-bond acceptors (Lipinski definition) is 1. The third kappa shape index (κ3) is 3.19. The minimum atomic E-state index is -0.372. The monoisotopic (exact) mass is 243 g/mol. The largest absolute Gasteiger partial charge is 0.327 e. The molecule has 0 saturated heterocycles. The Labute approximate surface area is 102 Å². The lowest BCUT2D eigenvalue weighted by Gasteiger charge is -2.23. The summed E-state index contributed by atoms with van der Waals surface area (Å²) in [4.78, 5) is 0. The molecule has 0 aliphatic heterocycles. The SMILES string of the molecule is CC(C)C(C)C(N)Cc1cccc(F)c1Cl. The highest BCUT2D eigenvalue weighted by Crippen LogP contribution is 2.23. The molecule has 0 bridgehead atoms. The van der Waals surface area contributed by atoms with Gasteiger partial charge in [-0.1, -0.05) is 44.5 Å². The van der Waals surface area contributed by atoms with Crippen LogP contribution >= 0.6 is 11.6 Å². The molecule has 90 valence electrons. The topological polar surface area (TPSA) is 26.0 Å². The Balaban J connectivity index is 2.77. The van der Waals surface area contributed by atoms with Gasteiger partial charge in [-0.15, -0.1) is 0 Å². The summed E-state index contributed by atoms with van der Waals surface area (Å²) in [5.74, 6) is 0.533. The van der Waals surface area contributed by atoms with E-state index in [2.05, 4.69) is 20.8 Å². The Morgan fingerprint density at radius 1 is 1.31 bits per heavy atom. The highest BCUT2D eigenvalue weighted by atomic mass is 35.5. The van der Waals surface area contributed by atoms with E-state index in [1.807, 2.05) is 6.07 Å². The molecule has 0 aliphatic carbocycles. The molecule has 2 atom stereocenters. The number of rotatable bonds is 4. The molecule has 0 amide bonds. The number of nitrogens with two attached hydrogens (primary N) is 1. The molecule has 0 spiro atoms. The molecular weight excluding hydrogens is 225 g/mol. The van der Waals surface area contributed by atoms with Gasteiger partial charge in [0.15, 0.2) is 0 Å². The third-order valence-corrected chi connectivity index (χ3v) is 3.64. The van der Waals surface area contributed by atoms with Crippen LogP contribution in [0.15, 0.2) is 18.2 Å². The molecule has 0 saturated carbocycles. The summed E-state index contributed by atoms with van der Waals surface area (Å²) in [6.07, 6.45) is 0.621. The van der Waals surface area contributed by atoms with Crippen LogP contribution in [0.4, 0.5) is 4.39 Å². The summed E-state index contributed by atoms with van der Waals surface area (Å²) < 4.78 is 13.2. The standard InChI is InChI=1S/C13H19ClFN/c1-8(2)9(3)12(16)7-10-5-4-6-11(15)13(10)14/h4-6,8-9,12H,7,16H2,1-3H3. The van der Waals surface area contributed by atoms with Crippen LogP contribution in [0.5, 0.6) is 0 Å². The fourth-order valence-electron chi connectivity index (χ4n) is 1.64. The third-order valence-electron chi connectivity index (χ3n) is 3.21. The lowest BCUT2D eigenvalue weighted by atomic mass is 9.87. The molecular formula is C13H19ClFN. The fourth-order valence-corrected chi connectivity index (χ4v) is 1.84. The first-order valence-corrected chi connectivity index (χ1v) is 5.99. The van der Waals surface area contributed by atoms with Gasteiger partial charge in [-0.25, -0.2) is 4.39 Å². The van der Waals surface area contributed by atoms with E-state index in [0.717, 1.165) is 5.56 Å². The number of benzene rings is 1. The van der Waals surface area contributed by atoms with Gasteiger partial charge in [0, 0.05) is 6.04 Å². The van der Waals surface area contributed by atoms with Gasteiger partial charge in [-0.2, -0.15) is 0 Å². The van der Waals surface area contributed by atoms with E-state index in [9.17, 15) is 4.39 Å². The van der Waals surface area contributed by atoms with Gasteiger partial charge in [0.1, 0.15) is 5.82 Å². The molecule has 0 aromatic heterocycles. The molecule has 1 aromatic rings. The average molecular weight is 244 g/mol. The summed E-state index contributed by atoms with van der Waals surface area (Å²) in [5.41, 5.74) is 6.88. The summed E-state index contributed by atoms with van der Waals surface area (Å²) >= 11 is 5.89. The number of hydrogen-bond donors (Lipinski definition) is 1. The van der Waals surface area contributed by atoms with E-state index in [4.69, 9.17) is 17.3 Å². The average Bonchev–Trinajstić information content (AvgIpc) is 2.23. The van der Waals surface area contributed by atoms with Crippen molar-refractivity contribution in [3.05, 3.63) is 34.6 Å². The molecule has 16 heavy (non-hydrogen) atoms. The van der Waals surface area contributed by atoms with Crippen molar-refractivity contribution >= 4 is 11.6 Å². The lowest BCUT2D eigenvalue weighted by Crippen LogP contribution is -2.33. The van der Waals surface area contributed by atoms with Crippen molar-refractivity contribution in [2.24, 2.45) is 17.6 Å². The minimum absolute atomic E-state index is 0.0132. The van der Waals surface area contributed by atoms with Gasteiger partial charge in [0.05, 0.1) is 5.02 Å². The van der Waals surface area contributed by atoms with Crippen LogP contribution in [0, 0.1) is 17.7 Å². The van der Waals surface area contributed by atoms with Crippen LogP contribution in [0.3, 0.4) is 0 Å². The Hall–Kier alpha value is -0.600. The highest BCUT2D eigenvalue weighted by Gasteiger charge is 2.18. The van der Waals surface area contributed by atoms with Crippen molar-refractivity contribution in [3.63, 3.8) is 0 Å². The summed E-state index contributed by atoms with van der Waals surface area (Å²) in [6.45, 7) is 6.39. The van der Waals surface area contributed by atoms with Gasteiger partial charge < -0.3 is 5.73 Å². The molecule has 2 unspecified atom stereocenters. The van der Waals surface area contributed by atoms with Crippen molar-refractivity contribution < 1.29 is 4.39 Å². The molecule has 0 fully saturated rings. The predicted molar refractivity (Wildman–Crippen MR) is 67.1 cm³/mol. The maximum Gasteiger partial charge on any atom is 0.142 e. The Morgan fingerprint density at radius 2 is 1.94 bits per heavy atom. The van der Waals surface area contributed by atoms with E-state index in [0.29, 0.717) is 18.3 Å². The summed E-state index contributed by atoms with van der Waals surface area (Å²) in [5, 5.41) is 0.203. The zero-order valence-corrected chi connectivity index (χ0v) is 10.8. The Bertz CT molecular complexity index is 352. The summed E-state index contributed by atoms with van der Waals surface area (Å²) in [7, 11) is 0. The molecule has 1 aromatic carbocycles. The van der Waals surface area contributed by atoms with Crippen LogP contribution in [0.1, 0.15) is 26.3 Å². The van der Waals surface area contributed by atoms with Gasteiger partial charge in [0.2, 0.25) is 0 Å². The first-order valence-electron chi connectivity index (χ1n) is 5.62. The van der Waals surface area contributed by atoms with Crippen molar-refractivity contribution in [1.29, 1.82) is 0 Å². The molecule has 2 N–H and O–H groups in total. The molecule has 0 heterocycles. The van der Waals surface area contributed by atoms with Gasteiger partial charge >= 0.3 is 0 Å². The van der Waals surface area contributed by atoms with Crippen molar-refractivity contribution in [1.82, 2.24) is 0 Å². The van der Waals surface area contributed by atoms with E-state index >= 15 is 0 Å².